The highest BCUT2D eigenvalue weighted by Gasteiger charge is 2.27. The van der Waals surface area contributed by atoms with Crippen LogP contribution in [-0.2, 0) is 9.47 Å². The zero-order chi connectivity index (χ0) is 13.3. The molecule has 0 radical (unpaired) electrons. The number of rotatable bonds is 6. The van der Waals surface area contributed by atoms with E-state index in [0.717, 1.165) is 52.2 Å². The van der Waals surface area contributed by atoms with Crippen LogP contribution in [0.15, 0.2) is 4.99 Å². The fourth-order valence-corrected chi connectivity index (χ4v) is 1.87. The highest BCUT2D eigenvalue weighted by atomic mass is 16.5. The molecular formula is C12H26N4O2. The summed E-state index contributed by atoms with van der Waals surface area (Å²) in [5.41, 5.74) is 2.83. The van der Waals surface area contributed by atoms with Gasteiger partial charge in [-0.2, -0.15) is 0 Å². The third-order valence-electron chi connectivity index (χ3n) is 3.27. The molecule has 0 amide bonds. The fourth-order valence-electron chi connectivity index (χ4n) is 1.87. The maximum absolute atomic E-state index is 5.45. The number of nitrogens with one attached hydrogen (secondary N) is 2. The molecule has 1 heterocycles. The molecule has 0 aromatic carbocycles. The van der Waals surface area contributed by atoms with Gasteiger partial charge in [-0.05, 0) is 24.7 Å². The predicted octanol–water partition coefficient (Wildman–Crippen LogP) is 0.249. The molecule has 0 aromatic heterocycles. The summed E-state index contributed by atoms with van der Waals surface area (Å²) in [6.45, 7) is 6.22. The molecule has 106 valence electrons. The van der Waals surface area contributed by atoms with Gasteiger partial charge < -0.3 is 14.8 Å². The van der Waals surface area contributed by atoms with Crippen molar-refractivity contribution in [2.45, 2.75) is 26.2 Å². The van der Waals surface area contributed by atoms with Crippen LogP contribution in [0.25, 0.3) is 0 Å². The van der Waals surface area contributed by atoms with E-state index >= 15 is 0 Å². The van der Waals surface area contributed by atoms with Gasteiger partial charge in [0.15, 0.2) is 0 Å². The van der Waals surface area contributed by atoms with Crippen LogP contribution in [0.3, 0.4) is 0 Å². The quantitative estimate of drug-likeness (QED) is 0.209. The topological polar surface area (TPSA) is 80.9 Å². The zero-order valence-corrected chi connectivity index (χ0v) is 11.5. The molecule has 0 unspecified atom stereocenters. The Morgan fingerprint density at radius 1 is 1.44 bits per heavy atom. The van der Waals surface area contributed by atoms with Crippen molar-refractivity contribution in [1.29, 1.82) is 0 Å². The average Bonchev–Trinajstić information content (AvgIpc) is 2.39. The standard InChI is InChI=1S/C12H26N4O2/c1-12(4-8-18-9-5-12)10-15-11(16-13)14-6-3-7-17-2/h3-10,13H2,1-2H3,(H2,14,15,16). The van der Waals surface area contributed by atoms with Crippen LogP contribution in [0.1, 0.15) is 26.2 Å². The zero-order valence-electron chi connectivity index (χ0n) is 11.5. The molecule has 1 aliphatic rings. The SMILES string of the molecule is COCCCNC(=NCC1(C)CCOCC1)NN. The molecule has 0 spiro atoms. The molecule has 0 bridgehead atoms. The molecule has 6 heteroatoms. The van der Waals surface area contributed by atoms with Gasteiger partial charge in [0.1, 0.15) is 0 Å². The second-order valence-corrected chi connectivity index (χ2v) is 5.01. The van der Waals surface area contributed by atoms with E-state index in [1.165, 1.54) is 0 Å². The monoisotopic (exact) mass is 258 g/mol. The highest BCUT2D eigenvalue weighted by molar-refractivity contribution is 5.79. The van der Waals surface area contributed by atoms with E-state index in [-0.39, 0.29) is 5.41 Å². The van der Waals surface area contributed by atoms with Gasteiger partial charge in [0.05, 0.1) is 0 Å². The molecular weight excluding hydrogens is 232 g/mol. The number of nitrogens with zero attached hydrogens (tertiary/aromatic N) is 1. The van der Waals surface area contributed by atoms with Crippen LogP contribution < -0.4 is 16.6 Å². The molecule has 0 saturated carbocycles. The van der Waals surface area contributed by atoms with Crippen molar-refractivity contribution in [3.8, 4) is 0 Å². The molecule has 6 nitrogen and oxygen atoms in total. The first-order valence-corrected chi connectivity index (χ1v) is 6.52. The van der Waals surface area contributed by atoms with E-state index < -0.39 is 0 Å². The predicted molar refractivity (Wildman–Crippen MR) is 72.3 cm³/mol. The average molecular weight is 258 g/mol. The van der Waals surface area contributed by atoms with Crippen LogP contribution in [0.4, 0.5) is 0 Å². The lowest BCUT2D eigenvalue weighted by Crippen LogP contribution is -2.43. The van der Waals surface area contributed by atoms with Crippen molar-refractivity contribution in [2.24, 2.45) is 16.3 Å². The van der Waals surface area contributed by atoms with Gasteiger partial charge in [-0.3, -0.25) is 10.4 Å². The minimum absolute atomic E-state index is 0.231. The maximum atomic E-state index is 5.45. The van der Waals surface area contributed by atoms with E-state index in [1.807, 2.05) is 0 Å². The number of aliphatic imine (C=N–C) groups is 1. The van der Waals surface area contributed by atoms with Crippen molar-refractivity contribution >= 4 is 5.96 Å². The van der Waals surface area contributed by atoms with E-state index in [1.54, 1.807) is 7.11 Å². The lowest BCUT2D eigenvalue weighted by molar-refractivity contribution is 0.0283. The number of hydrogen-bond acceptors (Lipinski definition) is 4. The summed E-state index contributed by atoms with van der Waals surface area (Å²) in [4.78, 5) is 4.51. The third-order valence-corrected chi connectivity index (χ3v) is 3.27. The molecule has 0 aromatic rings. The normalized spacial score (nSPS) is 19.6. The minimum Gasteiger partial charge on any atom is -0.385 e. The van der Waals surface area contributed by atoms with Crippen LogP contribution in [0, 0.1) is 5.41 Å². The molecule has 1 fully saturated rings. The molecule has 1 saturated heterocycles. The Labute approximate surface area is 109 Å². The van der Waals surface area contributed by atoms with Crippen molar-refractivity contribution < 1.29 is 9.47 Å². The Morgan fingerprint density at radius 3 is 2.78 bits per heavy atom. The molecule has 1 aliphatic heterocycles. The highest BCUT2D eigenvalue weighted by Crippen LogP contribution is 2.29. The van der Waals surface area contributed by atoms with Crippen molar-refractivity contribution in [1.82, 2.24) is 10.7 Å². The lowest BCUT2D eigenvalue weighted by atomic mass is 9.83. The van der Waals surface area contributed by atoms with Gasteiger partial charge in [0.2, 0.25) is 5.96 Å². The van der Waals surface area contributed by atoms with Crippen LogP contribution >= 0.6 is 0 Å². The van der Waals surface area contributed by atoms with E-state index in [9.17, 15) is 0 Å². The van der Waals surface area contributed by atoms with Gasteiger partial charge in [-0.15, -0.1) is 0 Å². The smallest absolute Gasteiger partial charge is 0.205 e. The lowest BCUT2D eigenvalue weighted by Gasteiger charge is -2.32. The Kier molecular flexibility index (Phi) is 7.00. The Morgan fingerprint density at radius 2 is 2.17 bits per heavy atom. The van der Waals surface area contributed by atoms with Crippen molar-refractivity contribution in [2.75, 3.05) is 40.0 Å². The number of ether oxygens (including phenoxy) is 2. The second-order valence-electron chi connectivity index (χ2n) is 5.01. The maximum Gasteiger partial charge on any atom is 0.205 e. The minimum atomic E-state index is 0.231. The van der Waals surface area contributed by atoms with Crippen molar-refractivity contribution in [3.05, 3.63) is 0 Å². The number of guanidine groups is 1. The van der Waals surface area contributed by atoms with Gasteiger partial charge in [0, 0.05) is 40.0 Å². The Balaban J connectivity index is 2.31. The summed E-state index contributed by atoms with van der Waals surface area (Å²) >= 11 is 0. The second kappa shape index (κ2) is 8.29. The third kappa shape index (κ3) is 5.66. The fraction of sp³-hybridized carbons (Fsp3) is 0.917. The summed E-state index contributed by atoms with van der Waals surface area (Å²) in [6.07, 6.45) is 3.04. The molecule has 1 rings (SSSR count). The first kappa shape index (κ1) is 15.2. The summed E-state index contributed by atoms with van der Waals surface area (Å²) < 4.78 is 10.4. The molecule has 4 N–H and O–H groups in total. The van der Waals surface area contributed by atoms with Gasteiger partial charge in [0.25, 0.3) is 0 Å². The first-order valence-electron chi connectivity index (χ1n) is 6.52. The van der Waals surface area contributed by atoms with Crippen LogP contribution in [0.2, 0.25) is 0 Å². The summed E-state index contributed by atoms with van der Waals surface area (Å²) in [7, 11) is 1.70. The van der Waals surface area contributed by atoms with E-state index in [4.69, 9.17) is 15.3 Å². The number of hydrogen-bond donors (Lipinski definition) is 3. The molecule has 0 atom stereocenters. The van der Waals surface area contributed by atoms with Gasteiger partial charge >= 0.3 is 0 Å². The summed E-state index contributed by atoms with van der Waals surface area (Å²) in [5.74, 6) is 6.10. The van der Waals surface area contributed by atoms with Crippen LogP contribution in [-0.4, -0.2) is 46.0 Å². The first-order chi connectivity index (χ1) is 8.70. The number of hydrazine groups is 1. The summed E-state index contributed by atoms with van der Waals surface area (Å²) in [6, 6.07) is 0. The molecule has 0 aliphatic carbocycles. The largest absolute Gasteiger partial charge is 0.385 e. The Hall–Kier alpha value is -0.850. The number of nitrogens with two attached hydrogens (primary N) is 1. The molecule has 18 heavy (non-hydrogen) atoms. The van der Waals surface area contributed by atoms with E-state index in [0.29, 0.717) is 5.96 Å². The van der Waals surface area contributed by atoms with E-state index in [2.05, 4.69) is 22.7 Å². The van der Waals surface area contributed by atoms with Crippen molar-refractivity contribution in [3.63, 3.8) is 0 Å². The summed E-state index contributed by atoms with van der Waals surface area (Å²) in [5, 5.41) is 3.16. The Bertz CT molecular complexity index is 252. The van der Waals surface area contributed by atoms with Gasteiger partial charge in [-0.1, -0.05) is 6.92 Å². The van der Waals surface area contributed by atoms with Gasteiger partial charge in [-0.25, -0.2) is 5.84 Å². The number of methoxy groups -OCH3 is 1. The van der Waals surface area contributed by atoms with Crippen LogP contribution in [0.5, 0.6) is 0 Å².